The van der Waals surface area contributed by atoms with Gasteiger partial charge in [0, 0.05) is 17.3 Å². The van der Waals surface area contributed by atoms with E-state index < -0.39 is 5.60 Å². The van der Waals surface area contributed by atoms with Crippen molar-refractivity contribution >= 4 is 11.5 Å². The maximum Gasteiger partial charge on any atom is 0.159 e. The largest absolute Gasteiger partial charge is 0.399 e. The van der Waals surface area contributed by atoms with Gasteiger partial charge in [-0.3, -0.25) is 4.79 Å². The number of carbonyl (C=O) groups excluding carboxylic acids is 1. The first-order valence-corrected chi connectivity index (χ1v) is 10.4. The van der Waals surface area contributed by atoms with E-state index in [1.807, 2.05) is 6.92 Å². The quantitative estimate of drug-likeness (QED) is 0.574. The second-order valence-corrected chi connectivity index (χ2v) is 9.87. The number of rotatable bonds is 2. The van der Waals surface area contributed by atoms with Crippen molar-refractivity contribution in [2.24, 2.45) is 33.7 Å². The molecule has 0 aliphatic heterocycles. The fourth-order valence-corrected chi connectivity index (χ4v) is 7.32. The van der Waals surface area contributed by atoms with Crippen molar-refractivity contribution in [3.8, 4) is 0 Å². The van der Waals surface area contributed by atoms with E-state index in [1.54, 1.807) is 13.2 Å². The zero-order valence-electron chi connectivity index (χ0n) is 17.0. The SMILES string of the molecule is CO/N=C(/C)C1CC[C@@]2(O)C3=CC(=O)C4CCC(O)CC4(C)C3CCC12C. The highest BCUT2D eigenvalue weighted by Crippen LogP contribution is 2.67. The van der Waals surface area contributed by atoms with Crippen LogP contribution in [0.5, 0.6) is 0 Å². The van der Waals surface area contributed by atoms with Crippen LogP contribution >= 0.6 is 0 Å². The zero-order valence-corrected chi connectivity index (χ0v) is 17.0. The monoisotopic (exact) mass is 375 g/mol. The minimum atomic E-state index is -0.975. The third-order valence-electron chi connectivity index (χ3n) is 8.75. The van der Waals surface area contributed by atoms with E-state index in [1.165, 1.54) is 0 Å². The van der Waals surface area contributed by atoms with Gasteiger partial charge in [-0.1, -0.05) is 19.0 Å². The number of fused-ring (bicyclic) bond motifs is 5. The molecule has 0 radical (unpaired) electrons. The molecule has 7 atom stereocenters. The van der Waals surface area contributed by atoms with E-state index >= 15 is 0 Å². The van der Waals surface area contributed by atoms with Crippen molar-refractivity contribution in [1.29, 1.82) is 0 Å². The van der Waals surface area contributed by atoms with Gasteiger partial charge in [-0.15, -0.1) is 0 Å². The van der Waals surface area contributed by atoms with Gasteiger partial charge < -0.3 is 15.1 Å². The summed E-state index contributed by atoms with van der Waals surface area (Å²) >= 11 is 0. The molecule has 0 heterocycles. The standard InChI is InChI=1S/C22H33NO4/c1-13(23-27-4)15-8-10-22(26)18-11-19(25)17-6-5-14(24)12-20(17,2)16(18)7-9-21(15,22)3/h11,14-17,24,26H,5-10,12H2,1-4H3/b23-13-/t14?,15?,16?,17?,20?,21?,22-/m1/s1. The molecule has 0 spiro atoms. The second kappa shape index (κ2) is 6.15. The van der Waals surface area contributed by atoms with Gasteiger partial charge in [0.05, 0.1) is 17.4 Å². The number of oxime groups is 1. The van der Waals surface area contributed by atoms with Crippen LogP contribution in [0.3, 0.4) is 0 Å². The summed E-state index contributed by atoms with van der Waals surface area (Å²) in [5.41, 5.74) is 0.301. The van der Waals surface area contributed by atoms with Crippen molar-refractivity contribution in [1.82, 2.24) is 0 Å². The Labute approximate surface area is 161 Å². The molecule has 0 aromatic heterocycles. The van der Waals surface area contributed by atoms with Gasteiger partial charge in [0.1, 0.15) is 7.11 Å². The molecule has 150 valence electrons. The minimum Gasteiger partial charge on any atom is -0.399 e. The summed E-state index contributed by atoms with van der Waals surface area (Å²) < 4.78 is 0. The molecule has 5 nitrogen and oxygen atoms in total. The lowest BCUT2D eigenvalue weighted by Gasteiger charge is -2.59. The van der Waals surface area contributed by atoms with Crippen LogP contribution in [-0.2, 0) is 9.63 Å². The van der Waals surface area contributed by atoms with E-state index in [9.17, 15) is 15.0 Å². The number of nitrogens with zero attached hydrogens (tertiary/aromatic N) is 1. The molecule has 5 heteroatoms. The Morgan fingerprint density at radius 2 is 1.93 bits per heavy atom. The number of hydrogen-bond acceptors (Lipinski definition) is 5. The van der Waals surface area contributed by atoms with Gasteiger partial charge in [0.25, 0.3) is 0 Å². The lowest BCUT2D eigenvalue weighted by molar-refractivity contribution is -0.139. The first-order valence-electron chi connectivity index (χ1n) is 10.4. The van der Waals surface area contributed by atoms with Crippen molar-refractivity contribution in [3.63, 3.8) is 0 Å². The van der Waals surface area contributed by atoms with Crippen LogP contribution in [0.2, 0.25) is 0 Å². The van der Waals surface area contributed by atoms with E-state index in [4.69, 9.17) is 4.84 Å². The maximum absolute atomic E-state index is 13.0. The van der Waals surface area contributed by atoms with Gasteiger partial charge in [0.2, 0.25) is 0 Å². The summed E-state index contributed by atoms with van der Waals surface area (Å²) in [6.07, 6.45) is 6.94. The van der Waals surface area contributed by atoms with Gasteiger partial charge in [-0.25, -0.2) is 0 Å². The van der Waals surface area contributed by atoms with Gasteiger partial charge in [0.15, 0.2) is 5.78 Å². The van der Waals surface area contributed by atoms with Crippen LogP contribution in [0, 0.1) is 28.6 Å². The molecule has 0 amide bonds. The van der Waals surface area contributed by atoms with Crippen LogP contribution in [0.4, 0.5) is 0 Å². The highest BCUT2D eigenvalue weighted by Gasteiger charge is 2.66. The smallest absolute Gasteiger partial charge is 0.159 e. The molecule has 4 aliphatic rings. The van der Waals surface area contributed by atoms with Crippen LogP contribution in [0.25, 0.3) is 0 Å². The van der Waals surface area contributed by atoms with E-state index in [-0.39, 0.29) is 40.5 Å². The lowest BCUT2D eigenvalue weighted by Crippen LogP contribution is -2.59. The van der Waals surface area contributed by atoms with E-state index in [2.05, 4.69) is 19.0 Å². The minimum absolute atomic E-state index is 0.0170. The first-order chi connectivity index (χ1) is 12.7. The number of hydrogen-bond donors (Lipinski definition) is 2. The van der Waals surface area contributed by atoms with Gasteiger partial charge >= 0.3 is 0 Å². The number of aliphatic hydroxyl groups is 2. The molecule has 4 aliphatic carbocycles. The molecule has 3 saturated carbocycles. The van der Waals surface area contributed by atoms with Crippen molar-refractivity contribution < 1.29 is 19.8 Å². The molecule has 0 aromatic rings. The highest BCUT2D eigenvalue weighted by atomic mass is 16.6. The Kier molecular flexibility index (Phi) is 4.36. The molecule has 0 bridgehead atoms. The van der Waals surface area contributed by atoms with Crippen molar-refractivity contribution in [3.05, 3.63) is 11.6 Å². The first kappa shape index (κ1) is 19.1. The fraction of sp³-hybridized carbons (Fsp3) is 0.818. The van der Waals surface area contributed by atoms with E-state index in [0.717, 1.165) is 37.0 Å². The van der Waals surface area contributed by atoms with Crippen LogP contribution in [0.1, 0.15) is 65.7 Å². The average molecular weight is 376 g/mol. The lowest BCUT2D eigenvalue weighted by atomic mass is 9.46. The molecular weight excluding hydrogens is 342 g/mol. The maximum atomic E-state index is 13.0. The molecule has 3 fully saturated rings. The Bertz CT molecular complexity index is 715. The predicted molar refractivity (Wildman–Crippen MR) is 103 cm³/mol. The molecule has 0 saturated heterocycles. The normalized spacial score (nSPS) is 49.8. The number of allylic oxidation sites excluding steroid dienone is 1. The third kappa shape index (κ3) is 2.43. The molecule has 0 aromatic carbocycles. The number of ketones is 1. The number of aliphatic hydroxyl groups excluding tert-OH is 1. The summed E-state index contributed by atoms with van der Waals surface area (Å²) in [5, 5.41) is 26.5. The average Bonchev–Trinajstić information content (AvgIpc) is 2.87. The highest BCUT2D eigenvalue weighted by molar-refractivity contribution is 5.95. The number of carbonyl (C=O) groups is 1. The van der Waals surface area contributed by atoms with Crippen LogP contribution < -0.4 is 0 Å². The molecule has 6 unspecified atom stereocenters. The van der Waals surface area contributed by atoms with E-state index in [0.29, 0.717) is 19.3 Å². The van der Waals surface area contributed by atoms with Crippen LogP contribution in [0.15, 0.2) is 16.8 Å². The second-order valence-electron chi connectivity index (χ2n) is 9.87. The Morgan fingerprint density at radius 3 is 2.63 bits per heavy atom. The molecular formula is C22H33NO4. The predicted octanol–water partition coefficient (Wildman–Crippen LogP) is 3.24. The topological polar surface area (TPSA) is 79.1 Å². The Balaban J connectivity index is 1.77. The summed E-state index contributed by atoms with van der Waals surface area (Å²) in [5.74, 6) is 0.462. The van der Waals surface area contributed by atoms with Crippen molar-refractivity contribution in [2.45, 2.75) is 77.4 Å². The van der Waals surface area contributed by atoms with Crippen molar-refractivity contribution in [2.75, 3.05) is 7.11 Å². The summed E-state index contributed by atoms with van der Waals surface area (Å²) in [4.78, 5) is 18.0. The summed E-state index contributed by atoms with van der Waals surface area (Å²) in [6.45, 7) is 6.31. The van der Waals surface area contributed by atoms with Crippen LogP contribution in [-0.4, -0.2) is 40.5 Å². The van der Waals surface area contributed by atoms with Gasteiger partial charge in [-0.2, -0.15) is 0 Å². The third-order valence-corrected chi connectivity index (χ3v) is 8.75. The Hall–Kier alpha value is -1.20. The molecule has 2 N–H and O–H groups in total. The molecule has 27 heavy (non-hydrogen) atoms. The molecule has 4 rings (SSSR count). The Morgan fingerprint density at radius 1 is 1.19 bits per heavy atom. The fourth-order valence-electron chi connectivity index (χ4n) is 7.32. The van der Waals surface area contributed by atoms with Gasteiger partial charge in [-0.05, 0) is 74.9 Å². The summed E-state index contributed by atoms with van der Waals surface area (Å²) in [7, 11) is 1.56. The zero-order chi connectivity index (χ0) is 19.6. The summed E-state index contributed by atoms with van der Waals surface area (Å²) in [6, 6.07) is 0.